The molecule has 2 aromatic carbocycles. The Balaban J connectivity index is 1.88. The highest BCUT2D eigenvalue weighted by Gasteiger charge is 2.53. The molecule has 1 heterocycles. The lowest BCUT2D eigenvalue weighted by Crippen LogP contribution is -2.62. The largest absolute Gasteiger partial charge is 0.345 e. The Hall–Kier alpha value is -2.99. The summed E-state index contributed by atoms with van der Waals surface area (Å²) in [6, 6.07) is 11.9. The molecule has 156 valence electrons. The average Bonchev–Trinajstić information content (AvgIpc) is 3.48. The Bertz CT molecular complexity index is 1190. The summed E-state index contributed by atoms with van der Waals surface area (Å²) in [5, 5.41) is 19.0. The molecule has 0 amide bonds. The highest BCUT2D eigenvalue weighted by atomic mass is 32.2. The van der Waals surface area contributed by atoms with E-state index >= 15 is 0 Å². The first kappa shape index (κ1) is 20.3. The van der Waals surface area contributed by atoms with Gasteiger partial charge in [-0.25, -0.2) is 21.5 Å². The van der Waals surface area contributed by atoms with Crippen LogP contribution in [0.3, 0.4) is 0 Å². The molecule has 1 aliphatic heterocycles. The maximum absolute atomic E-state index is 14.7. The van der Waals surface area contributed by atoms with Crippen molar-refractivity contribution in [3.8, 4) is 6.07 Å². The van der Waals surface area contributed by atoms with Gasteiger partial charge in [0.05, 0.1) is 17.0 Å². The van der Waals surface area contributed by atoms with Gasteiger partial charge in [0.2, 0.25) is 16.0 Å². The van der Waals surface area contributed by atoms with Gasteiger partial charge in [0.15, 0.2) is 0 Å². The number of nitrogens with zero attached hydrogens (tertiary/aromatic N) is 2. The van der Waals surface area contributed by atoms with E-state index < -0.39 is 43.8 Å². The van der Waals surface area contributed by atoms with Gasteiger partial charge in [-0.2, -0.15) is 5.26 Å². The van der Waals surface area contributed by atoms with Crippen LogP contribution >= 0.6 is 0 Å². The number of hydrogen-bond acceptors (Lipinski definition) is 4. The minimum absolute atomic E-state index is 0.0601. The molecule has 1 aliphatic carbocycles. The van der Waals surface area contributed by atoms with Gasteiger partial charge in [0.1, 0.15) is 16.9 Å². The van der Waals surface area contributed by atoms with E-state index in [1.165, 1.54) is 20.0 Å². The summed E-state index contributed by atoms with van der Waals surface area (Å²) < 4.78 is 55.7. The van der Waals surface area contributed by atoms with Crippen LogP contribution in [0.5, 0.6) is 0 Å². The second kappa shape index (κ2) is 6.51. The summed E-state index contributed by atoms with van der Waals surface area (Å²) in [6.45, 7) is 1.48. The molecule has 2 atom stereocenters. The van der Waals surface area contributed by atoms with Crippen molar-refractivity contribution < 1.29 is 17.2 Å². The summed E-state index contributed by atoms with van der Waals surface area (Å²) in [5.41, 5.74) is -0.951. The number of nitriles is 1. The van der Waals surface area contributed by atoms with E-state index in [4.69, 9.17) is 5.41 Å². The van der Waals surface area contributed by atoms with Crippen molar-refractivity contribution in [2.75, 3.05) is 7.05 Å². The fourth-order valence-electron chi connectivity index (χ4n) is 4.16. The van der Waals surface area contributed by atoms with Crippen LogP contribution in [0.1, 0.15) is 41.7 Å². The molecule has 4 rings (SSSR count). The molecule has 0 spiro atoms. The Kier molecular flexibility index (Phi) is 4.40. The highest BCUT2D eigenvalue weighted by molar-refractivity contribution is 7.90. The fourth-order valence-corrected chi connectivity index (χ4v) is 6.06. The first-order valence-electron chi connectivity index (χ1n) is 9.37. The molecule has 30 heavy (non-hydrogen) atoms. The third kappa shape index (κ3) is 2.86. The van der Waals surface area contributed by atoms with E-state index in [1.54, 1.807) is 24.3 Å². The zero-order valence-corrected chi connectivity index (χ0v) is 17.2. The van der Waals surface area contributed by atoms with Crippen LogP contribution in [-0.2, 0) is 21.0 Å². The van der Waals surface area contributed by atoms with Crippen LogP contribution in [0.15, 0.2) is 42.5 Å². The number of rotatable bonds is 3. The summed E-state index contributed by atoms with van der Waals surface area (Å²) in [4.78, 5) is 0. The Labute approximate surface area is 173 Å². The quantitative estimate of drug-likeness (QED) is 0.781. The number of nitrogens with one attached hydrogen (secondary N) is 2. The molecule has 1 saturated heterocycles. The number of halogens is 2. The second-order valence-electron chi connectivity index (χ2n) is 8.01. The van der Waals surface area contributed by atoms with Crippen LogP contribution in [0.4, 0.5) is 8.78 Å². The minimum atomic E-state index is -4.10. The van der Waals surface area contributed by atoms with Crippen LogP contribution < -0.4 is 5.32 Å². The zero-order chi connectivity index (χ0) is 21.9. The Morgan fingerprint density at radius 2 is 1.83 bits per heavy atom. The predicted octanol–water partition coefficient (Wildman–Crippen LogP) is 3.28. The second-order valence-corrected chi connectivity index (χ2v) is 10.1. The first-order valence-corrected chi connectivity index (χ1v) is 10.9. The van der Waals surface area contributed by atoms with Gasteiger partial charge in [-0.3, -0.25) is 5.41 Å². The molecule has 6 nitrogen and oxygen atoms in total. The molecule has 9 heteroatoms. The smallest absolute Gasteiger partial charge is 0.246 e. The van der Waals surface area contributed by atoms with Crippen LogP contribution in [0.2, 0.25) is 0 Å². The zero-order valence-electron chi connectivity index (χ0n) is 16.4. The average molecular weight is 430 g/mol. The van der Waals surface area contributed by atoms with E-state index in [2.05, 4.69) is 11.4 Å². The van der Waals surface area contributed by atoms with E-state index in [0.29, 0.717) is 11.6 Å². The topological polar surface area (TPSA) is 97.1 Å². The highest BCUT2D eigenvalue weighted by Crippen LogP contribution is 2.49. The SMILES string of the molecule is CN1C(=N)N[C@](C)(c2ccc(F)cc2F)[C@@H](c2ccc(C3(C#N)CC3)cc2)S1(=O)=O. The molecule has 1 saturated carbocycles. The maximum Gasteiger partial charge on any atom is 0.246 e. The van der Waals surface area contributed by atoms with E-state index in [9.17, 15) is 22.5 Å². The van der Waals surface area contributed by atoms with Gasteiger partial charge in [-0.1, -0.05) is 30.3 Å². The monoisotopic (exact) mass is 430 g/mol. The summed E-state index contributed by atoms with van der Waals surface area (Å²) in [6.07, 6.45) is 1.51. The first-order chi connectivity index (χ1) is 14.0. The van der Waals surface area contributed by atoms with Gasteiger partial charge < -0.3 is 5.32 Å². The van der Waals surface area contributed by atoms with E-state index in [0.717, 1.165) is 28.8 Å². The van der Waals surface area contributed by atoms with Gasteiger partial charge in [-0.15, -0.1) is 0 Å². The fraction of sp³-hybridized carbons (Fsp3) is 0.333. The summed E-state index contributed by atoms with van der Waals surface area (Å²) >= 11 is 0. The van der Waals surface area contributed by atoms with Crippen molar-refractivity contribution in [2.24, 2.45) is 0 Å². The van der Waals surface area contributed by atoms with Crippen molar-refractivity contribution in [3.05, 3.63) is 70.8 Å². The van der Waals surface area contributed by atoms with Crippen LogP contribution in [0.25, 0.3) is 0 Å². The van der Waals surface area contributed by atoms with E-state index in [1.807, 2.05) is 0 Å². The molecular weight excluding hydrogens is 410 g/mol. The summed E-state index contributed by atoms with van der Waals surface area (Å²) in [7, 11) is -2.85. The number of sulfonamides is 1. The molecule has 2 fully saturated rings. The number of guanidine groups is 1. The molecule has 0 unspecified atom stereocenters. The molecule has 0 bridgehead atoms. The minimum Gasteiger partial charge on any atom is -0.345 e. The molecule has 2 N–H and O–H groups in total. The van der Waals surface area contributed by atoms with Crippen molar-refractivity contribution in [2.45, 2.75) is 36.0 Å². The molecule has 0 aromatic heterocycles. The van der Waals surface area contributed by atoms with E-state index in [-0.39, 0.29) is 5.56 Å². The predicted molar refractivity (Wildman–Crippen MR) is 107 cm³/mol. The third-order valence-electron chi connectivity index (χ3n) is 6.12. The van der Waals surface area contributed by atoms with Crippen LogP contribution in [-0.4, -0.2) is 25.7 Å². The maximum atomic E-state index is 14.7. The van der Waals surface area contributed by atoms with Crippen molar-refractivity contribution >= 4 is 16.0 Å². The van der Waals surface area contributed by atoms with Gasteiger partial charge in [0, 0.05) is 18.7 Å². The van der Waals surface area contributed by atoms with Gasteiger partial charge in [0.25, 0.3) is 0 Å². The molecule has 2 aromatic rings. The molecule has 2 aliphatic rings. The lowest BCUT2D eigenvalue weighted by Gasteiger charge is -2.46. The van der Waals surface area contributed by atoms with Crippen molar-refractivity contribution in [1.82, 2.24) is 9.62 Å². The Morgan fingerprint density at radius 1 is 1.20 bits per heavy atom. The van der Waals surface area contributed by atoms with Crippen molar-refractivity contribution in [3.63, 3.8) is 0 Å². The molecular formula is C21H20F2N4O2S. The summed E-state index contributed by atoms with van der Waals surface area (Å²) in [5.74, 6) is -2.09. The lowest BCUT2D eigenvalue weighted by molar-refractivity contribution is 0.344. The normalized spacial score (nSPS) is 26.6. The van der Waals surface area contributed by atoms with Crippen LogP contribution in [0, 0.1) is 28.4 Å². The Morgan fingerprint density at radius 3 is 2.37 bits per heavy atom. The van der Waals surface area contributed by atoms with Gasteiger partial charge in [-0.05, 0) is 37.0 Å². The van der Waals surface area contributed by atoms with Crippen molar-refractivity contribution in [1.29, 1.82) is 10.7 Å². The number of benzene rings is 2. The lowest BCUT2D eigenvalue weighted by atomic mass is 9.83. The molecule has 0 radical (unpaired) electrons. The van der Waals surface area contributed by atoms with Gasteiger partial charge >= 0.3 is 0 Å². The third-order valence-corrected chi connectivity index (χ3v) is 8.40. The number of hydrogen-bond donors (Lipinski definition) is 2. The standard InChI is InChI=1S/C21H20F2N4O2S/c1-20(16-8-7-15(22)11-17(16)23)18(30(28,29)27(2)19(25)26-20)13-3-5-14(6-4-13)21(12-24)9-10-21/h3-8,11,18H,9-10H2,1-2H3,(H2,25,26)/t18-,20-/m1/s1.